The summed E-state index contributed by atoms with van der Waals surface area (Å²) in [7, 11) is 0. The summed E-state index contributed by atoms with van der Waals surface area (Å²) in [6.45, 7) is 2.29. The van der Waals surface area contributed by atoms with Crippen LogP contribution < -0.4 is 0 Å². The summed E-state index contributed by atoms with van der Waals surface area (Å²) >= 11 is 0. The normalized spacial score (nSPS) is 19.3. The van der Waals surface area contributed by atoms with E-state index in [0.717, 1.165) is 6.42 Å². The molecule has 0 heteroatoms. The second-order valence-corrected chi connectivity index (χ2v) is 4.97. The fourth-order valence-corrected chi connectivity index (χ4v) is 2.84. The van der Waals surface area contributed by atoms with Gasteiger partial charge >= 0.3 is 0 Å². The molecule has 0 spiro atoms. The van der Waals surface area contributed by atoms with Gasteiger partial charge in [0.05, 0.1) is 0 Å². The van der Waals surface area contributed by atoms with Gasteiger partial charge in [-0.05, 0) is 41.0 Å². The Morgan fingerprint density at radius 2 is 1.56 bits per heavy atom. The summed E-state index contributed by atoms with van der Waals surface area (Å²) in [4.78, 5) is 0. The highest BCUT2D eigenvalue weighted by atomic mass is 14.2. The molecule has 0 nitrogen and oxygen atoms in total. The van der Waals surface area contributed by atoms with Crippen molar-refractivity contribution in [3.05, 3.63) is 70.8 Å². The van der Waals surface area contributed by atoms with Crippen molar-refractivity contribution in [3.63, 3.8) is 0 Å². The van der Waals surface area contributed by atoms with Crippen LogP contribution in [0.15, 0.2) is 48.5 Å². The average Bonchev–Trinajstić information content (AvgIpc) is 2.41. The van der Waals surface area contributed by atoms with Crippen LogP contribution in [0.25, 0.3) is 12.2 Å². The van der Waals surface area contributed by atoms with Gasteiger partial charge in [-0.1, -0.05) is 67.6 Å². The minimum absolute atomic E-state index is 0.632. The zero-order valence-corrected chi connectivity index (χ0v) is 10.8. The highest BCUT2D eigenvalue weighted by Crippen LogP contribution is 2.31. The first-order chi connectivity index (χ1) is 8.88. The second kappa shape index (κ2) is 4.81. The molecule has 1 aliphatic rings. The molecule has 0 aliphatic heterocycles. The fraction of sp³-hybridized carbons (Fsp3) is 0.222. The molecule has 1 unspecified atom stereocenters. The van der Waals surface area contributed by atoms with E-state index in [4.69, 9.17) is 0 Å². The smallest absolute Gasteiger partial charge is 0.0118 e. The standard InChI is InChI=1S/C18H18/c1-2-14-13-17-9-4-3-7-15(17)11-12-16-8-5-6-10-18(14)16/h3-12,14H,2,13H2,1H3/b12-11-. The second-order valence-electron chi connectivity index (χ2n) is 4.97. The molecule has 2 aromatic carbocycles. The van der Waals surface area contributed by atoms with Gasteiger partial charge in [-0.15, -0.1) is 0 Å². The van der Waals surface area contributed by atoms with Crippen molar-refractivity contribution in [1.82, 2.24) is 0 Å². The molecule has 90 valence electrons. The Bertz CT molecular complexity index is 578. The molecule has 18 heavy (non-hydrogen) atoms. The van der Waals surface area contributed by atoms with Crippen LogP contribution in [0.1, 0.15) is 41.5 Å². The fourth-order valence-electron chi connectivity index (χ4n) is 2.84. The van der Waals surface area contributed by atoms with Gasteiger partial charge in [-0.3, -0.25) is 0 Å². The van der Waals surface area contributed by atoms with Gasteiger partial charge in [-0.25, -0.2) is 0 Å². The molecule has 1 atom stereocenters. The van der Waals surface area contributed by atoms with Gasteiger partial charge in [0.15, 0.2) is 0 Å². The van der Waals surface area contributed by atoms with Gasteiger partial charge in [0, 0.05) is 0 Å². The summed E-state index contributed by atoms with van der Waals surface area (Å²) in [5.41, 5.74) is 5.70. The molecule has 1 aliphatic carbocycles. The maximum Gasteiger partial charge on any atom is -0.0118 e. The lowest BCUT2D eigenvalue weighted by Gasteiger charge is -2.21. The molecule has 0 bridgehead atoms. The molecule has 3 rings (SSSR count). The maximum atomic E-state index is 2.29. The molecular weight excluding hydrogens is 216 g/mol. The average molecular weight is 234 g/mol. The highest BCUT2D eigenvalue weighted by Gasteiger charge is 2.16. The zero-order chi connectivity index (χ0) is 12.4. The van der Waals surface area contributed by atoms with Crippen LogP contribution in [0.5, 0.6) is 0 Å². The minimum Gasteiger partial charge on any atom is -0.0648 e. The maximum absolute atomic E-state index is 2.29. The molecule has 0 saturated carbocycles. The highest BCUT2D eigenvalue weighted by molar-refractivity contribution is 5.74. The van der Waals surface area contributed by atoms with Crippen molar-refractivity contribution in [3.8, 4) is 0 Å². The van der Waals surface area contributed by atoms with Crippen molar-refractivity contribution in [2.24, 2.45) is 0 Å². The van der Waals surface area contributed by atoms with E-state index < -0.39 is 0 Å². The van der Waals surface area contributed by atoms with Gasteiger partial charge < -0.3 is 0 Å². The first-order valence-electron chi connectivity index (χ1n) is 6.73. The van der Waals surface area contributed by atoms with Crippen LogP contribution in [0, 0.1) is 0 Å². The van der Waals surface area contributed by atoms with Crippen molar-refractivity contribution < 1.29 is 0 Å². The predicted molar refractivity (Wildman–Crippen MR) is 78.5 cm³/mol. The lowest BCUT2D eigenvalue weighted by atomic mass is 9.83. The largest absolute Gasteiger partial charge is 0.0648 e. The van der Waals surface area contributed by atoms with Crippen LogP contribution in [-0.4, -0.2) is 0 Å². The number of hydrogen-bond acceptors (Lipinski definition) is 0. The van der Waals surface area contributed by atoms with Gasteiger partial charge in [-0.2, -0.15) is 0 Å². The molecule has 0 aromatic heterocycles. The van der Waals surface area contributed by atoms with E-state index in [1.54, 1.807) is 0 Å². The van der Waals surface area contributed by atoms with Gasteiger partial charge in [0.1, 0.15) is 0 Å². The van der Waals surface area contributed by atoms with E-state index >= 15 is 0 Å². The molecular formula is C18H18. The summed E-state index contributed by atoms with van der Waals surface area (Å²) in [5, 5.41) is 0. The SMILES string of the molecule is CCC1Cc2ccccc2/C=C\c2ccccc21. The predicted octanol–water partition coefficient (Wildman–Crippen LogP) is 4.91. The van der Waals surface area contributed by atoms with Crippen molar-refractivity contribution in [2.75, 3.05) is 0 Å². The zero-order valence-electron chi connectivity index (χ0n) is 10.8. The molecule has 0 saturated heterocycles. The molecule has 0 amide bonds. The topological polar surface area (TPSA) is 0 Å². The van der Waals surface area contributed by atoms with E-state index in [9.17, 15) is 0 Å². The van der Waals surface area contributed by atoms with Crippen LogP contribution in [0.3, 0.4) is 0 Å². The van der Waals surface area contributed by atoms with E-state index in [-0.39, 0.29) is 0 Å². The van der Waals surface area contributed by atoms with Crippen molar-refractivity contribution in [2.45, 2.75) is 25.7 Å². The Hall–Kier alpha value is -1.82. The summed E-state index contributed by atoms with van der Waals surface area (Å²) in [6.07, 6.45) is 6.85. The third-order valence-corrected chi connectivity index (χ3v) is 3.89. The van der Waals surface area contributed by atoms with Crippen LogP contribution in [-0.2, 0) is 6.42 Å². The van der Waals surface area contributed by atoms with Gasteiger partial charge in [0.25, 0.3) is 0 Å². The number of fused-ring (bicyclic) bond motifs is 2. The Morgan fingerprint density at radius 3 is 2.39 bits per heavy atom. The molecule has 0 fully saturated rings. The first kappa shape index (κ1) is 11.3. The quantitative estimate of drug-likeness (QED) is 0.658. The lowest BCUT2D eigenvalue weighted by molar-refractivity contribution is 0.658. The Morgan fingerprint density at radius 1 is 0.889 bits per heavy atom. The molecule has 0 N–H and O–H groups in total. The first-order valence-corrected chi connectivity index (χ1v) is 6.73. The summed E-state index contributed by atoms with van der Waals surface area (Å²) in [5.74, 6) is 0.632. The van der Waals surface area contributed by atoms with Crippen molar-refractivity contribution in [1.29, 1.82) is 0 Å². The van der Waals surface area contributed by atoms with E-state index in [1.807, 2.05) is 0 Å². The third kappa shape index (κ3) is 1.99. The number of rotatable bonds is 1. The summed E-state index contributed by atoms with van der Waals surface area (Å²) < 4.78 is 0. The Labute approximate surface area is 109 Å². The van der Waals surface area contributed by atoms with Crippen LogP contribution in [0.2, 0.25) is 0 Å². The van der Waals surface area contributed by atoms with Gasteiger partial charge in [0.2, 0.25) is 0 Å². The Kier molecular flexibility index (Phi) is 3.02. The van der Waals surface area contributed by atoms with E-state index in [2.05, 4.69) is 67.6 Å². The lowest BCUT2D eigenvalue weighted by Crippen LogP contribution is -2.06. The Balaban J connectivity index is 2.15. The number of hydrogen-bond donors (Lipinski definition) is 0. The van der Waals surface area contributed by atoms with E-state index in [1.165, 1.54) is 28.7 Å². The molecule has 2 aromatic rings. The monoisotopic (exact) mass is 234 g/mol. The van der Waals surface area contributed by atoms with Crippen molar-refractivity contribution >= 4 is 12.2 Å². The van der Waals surface area contributed by atoms with Crippen LogP contribution in [0.4, 0.5) is 0 Å². The summed E-state index contributed by atoms with van der Waals surface area (Å²) in [6, 6.07) is 17.5. The number of benzene rings is 2. The third-order valence-electron chi connectivity index (χ3n) is 3.89. The minimum atomic E-state index is 0.632. The molecule has 0 heterocycles. The van der Waals surface area contributed by atoms with Crippen LogP contribution >= 0.6 is 0 Å². The van der Waals surface area contributed by atoms with E-state index in [0.29, 0.717) is 5.92 Å². The molecule has 0 radical (unpaired) electrons.